The van der Waals surface area contributed by atoms with Crippen molar-refractivity contribution < 1.29 is 5.11 Å². The third kappa shape index (κ3) is 1.14. The van der Waals surface area contributed by atoms with Crippen molar-refractivity contribution in [2.75, 3.05) is 0 Å². The minimum absolute atomic E-state index is 0.0104. The van der Waals surface area contributed by atoms with Crippen LogP contribution >= 0.6 is 15.9 Å². The largest absolute Gasteiger partial charge is 0.493 e. The molecule has 0 fully saturated rings. The van der Waals surface area contributed by atoms with Gasteiger partial charge in [0.1, 0.15) is 5.52 Å². The number of fused-ring (bicyclic) bond motifs is 1. The molecule has 0 bridgehead atoms. The van der Waals surface area contributed by atoms with Gasteiger partial charge < -0.3 is 5.11 Å². The molecule has 0 amide bonds. The van der Waals surface area contributed by atoms with Crippen LogP contribution in [0, 0.1) is 0 Å². The molecule has 0 unspecified atom stereocenters. The van der Waals surface area contributed by atoms with Crippen LogP contribution in [0.25, 0.3) is 11.0 Å². The highest BCUT2D eigenvalue weighted by Gasteiger charge is 2.00. The van der Waals surface area contributed by atoms with Crippen molar-refractivity contribution >= 4 is 27.0 Å². The molecule has 0 aromatic carbocycles. The first-order valence-electron chi connectivity index (χ1n) is 3.37. The predicted octanol–water partition coefficient (Wildman–Crippen LogP) is 2.10. The molecule has 3 nitrogen and oxygen atoms in total. The SMILES string of the molecule is Oc1ccc2nccc(Br)c2n1. The lowest BCUT2D eigenvalue weighted by atomic mass is 10.3. The summed E-state index contributed by atoms with van der Waals surface area (Å²) < 4.78 is 0.836. The Hall–Kier alpha value is -1.16. The van der Waals surface area contributed by atoms with Gasteiger partial charge in [0.2, 0.25) is 5.88 Å². The second-order valence-electron chi connectivity index (χ2n) is 2.33. The van der Waals surface area contributed by atoms with Crippen molar-refractivity contribution in [2.45, 2.75) is 0 Å². The fourth-order valence-electron chi connectivity index (χ4n) is 0.983. The summed E-state index contributed by atoms with van der Waals surface area (Å²) in [7, 11) is 0. The number of pyridine rings is 2. The Kier molecular flexibility index (Phi) is 1.69. The van der Waals surface area contributed by atoms with Crippen molar-refractivity contribution in [2.24, 2.45) is 0 Å². The van der Waals surface area contributed by atoms with Crippen LogP contribution < -0.4 is 0 Å². The van der Waals surface area contributed by atoms with Gasteiger partial charge in [-0.3, -0.25) is 4.98 Å². The number of hydrogen-bond donors (Lipinski definition) is 1. The Balaban J connectivity index is 2.88. The Labute approximate surface area is 77.2 Å². The fraction of sp³-hybridized carbons (Fsp3) is 0. The minimum atomic E-state index is 0.0104. The Bertz CT molecular complexity index is 430. The smallest absolute Gasteiger partial charge is 0.211 e. The van der Waals surface area contributed by atoms with E-state index in [2.05, 4.69) is 25.9 Å². The highest BCUT2D eigenvalue weighted by molar-refractivity contribution is 9.10. The molecule has 0 aliphatic rings. The lowest BCUT2D eigenvalue weighted by molar-refractivity contribution is 0.455. The first-order chi connectivity index (χ1) is 5.77. The van der Waals surface area contributed by atoms with Crippen LogP contribution in [0.3, 0.4) is 0 Å². The van der Waals surface area contributed by atoms with Gasteiger partial charge in [-0.05, 0) is 28.1 Å². The quantitative estimate of drug-likeness (QED) is 0.746. The second-order valence-corrected chi connectivity index (χ2v) is 3.18. The van der Waals surface area contributed by atoms with E-state index < -0.39 is 0 Å². The van der Waals surface area contributed by atoms with Crippen molar-refractivity contribution in [1.29, 1.82) is 0 Å². The number of nitrogens with zero attached hydrogens (tertiary/aromatic N) is 2. The molecule has 0 spiro atoms. The predicted molar refractivity (Wildman–Crippen MR) is 48.9 cm³/mol. The van der Waals surface area contributed by atoms with Gasteiger partial charge in [0.05, 0.1) is 5.52 Å². The number of rotatable bonds is 0. The first-order valence-corrected chi connectivity index (χ1v) is 4.17. The van der Waals surface area contributed by atoms with Crippen LogP contribution in [-0.2, 0) is 0 Å². The third-order valence-electron chi connectivity index (χ3n) is 1.52. The van der Waals surface area contributed by atoms with Gasteiger partial charge in [0.15, 0.2) is 0 Å². The van der Waals surface area contributed by atoms with E-state index in [-0.39, 0.29) is 5.88 Å². The van der Waals surface area contributed by atoms with Gasteiger partial charge in [-0.15, -0.1) is 0 Å². The Morgan fingerprint density at radius 3 is 2.92 bits per heavy atom. The van der Waals surface area contributed by atoms with E-state index in [1.54, 1.807) is 18.3 Å². The van der Waals surface area contributed by atoms with Gasteiger partial charge in [-0.1, -0.05) is 0 Å². The van der Waals surface area contributed by atoms with Crippen LogP contribution in [0.15, 0.2) is 28.9 Å². The summed E-state index contributed by atoms with van der Waals surface area (Å²) in [6.45, 7) is 0. The molecule has 12 heavy (non-hydrogen) atoms. The number of aromatic hydroxyl groups is 1. The molecule has 2 aromatic heterocycles. The molecule has 2 aromatic rings. The molecule has 4 heteroatoms. The average molecular weight is 225 g/mol. The second kappa shape index (κ2) is 2.71. The highest BCUT2D eigenvalue weighted by Crippen LogP contribution is 2.21. The van der Waals surface area contributed by atoms with E-state index in [9.17, 15) is 0 Å². The Morgan fingerprint density at radius 1 is 1.25 bits per heavy atom. The molecule has 1 N–H and O–H groups in total. The number of aromatic nitrogens is 2. The number of hydrogen-bond acceptors (Lipinski definition) is 3. The van der Waals surface area contributed by atoms with Crippen molar-refractivity contribution in [3.63, 3.8) is 0 Å². The molecule has 0 aliphatic carbocycles. The zero-order chi connectivity index (χ0) is 8.55. The summed E-state index contributed by atoms with van der Waals surface area (Å²) >= 11 is 3.32. The highest BCUT2D eigenvalue weighted by atomic mass is 79.9. The maximum absolute atomic E-state index is 9.09. The van der Waals surface area contributed by atoms with Crippen LogP contribution in [-0.4, -0.2) is 15.1 Å². The van der Waals surface area contributed by atoms with Crippen molar-refractivity contribution in [3.8, 4) is 5.88 Å². The van der Waals surface area contributed by atoms with E-state index in [0.717, 1.165) is 9.99 Å². The zero-order valence-corrected chi connectivity index (χ0v) is 7.62. The topological polar surface area (TPSA) is 46.0 Å². The molecular weight excluding hydrogens is 220 g/mol. The van der Waals surface area contributed by atoms with Gasteiger partial charge in [0, 0.05) is 16.7 Å². The maximum Gasteiger partial charge on any atom is 0.211 e. The lowest BCUT2D eigenvalue weighted by Crippen LogP contribution is -1.83. The standard InChI is InChI=1S/C8H5BrN2O/c9-5-3-4-10-6-1-2-7(12)11-8(5)6/h1-4H,(H,11,12). The molecule has 0 atom stereocenters. The molecule has 0 saturated carbocycles. The van der Waals surface area contributed by atoms with Crippen LogP contribution in [0.2, 0.25) is 0 Å². The molecule has 2 heterocycles. The normalized spacial score (nSPS) is 10.4. The fourth-order valence-corrected chi connectivity index (χ4v) is 1.39. The molecule has 0 aliphatic heterocycles. The van der Waals surface area contributed by atoms with E-state index in [1.807, 2.05) is 0 Å². The number of halogens is 1. The summed E-state index contributed by atoms with van der Waals surface area (Å²) in [4.78, 5) is 8.00. The first kappa shape index (κ1) is 7.49. The minimum Gasteiger partial charge on any atom is -0.493 e. The molecule has 0 radical (unpaired) electrons. The average Bonchev–Trinajstić information content (AvgIpc) is 2.07. The van der Waals surface area contributed by atoms with Gasteiger partial charge in [-0.2, -0.15) is 0 Å². The summed E-state index contributed by atoms with van der Waals surface area (Å²) in [5, 5.41) is 9.09. The van der Waals surface area contributed by atoms with E-state index >= 15 is 0 Å². The van der Waals surface area contributed by atoms with E-state index in [0.29, 0.717) is 5.52 Å². The van der Waals surface area contributed by atoms with Gasteiger partial charge >= 0.3 is 0 Å². The van der Waals surface area contributed by atoms with Crippen LogP contribution in [0.5, 0.6) is 5.88 Å². The summed E-state index contributed by atoms with van der Waals surface area (Å²) in [6, 6.07) is 5.03. The monoisotopic (exact) mass is 224 g/mol. The summed E-state index contributed by atoms with van der Waals surface area (Å²) in [5.74, 6) is 0.0104. The van der Waals surface area contributed by atoms with Crippen LogP contribution in [0.4, 0.5) is 0 Å². The molecule has 0 saturated heterocycles. The molecular formula is C8H5BrN2O. The third-order valence-corrected chi connectivity index (χ3v) is 2.16. The summed E-state index contributed by atoms with van der Waals surface area (Å²) in [6.07, 6.45) is 1.69. The van der Waals surface area contributed by atoms with E-state index in [1.165, 1.54) is 6.07 Å². The molecule has 60 valence electrons. The van der Waals surface area contributed by atoms with Crippen molar-refractivity contribution in [3.05, 3.63) is 28.9 Å². The van der Waals surface area contributed by atoms with Gasteiger partial charge in [0.25, 0.3) is 0 Å². The van der Waals surface area contributed by atoms with Crippen molar-refractivity contribution in [1.82, 2.24) is 9.97 Å². The molecule has 2 rings (SSSR count). The van der Waals surface area contributed by atoms with E-state index in [4.69, 9.17) is 5.11 Å². The van der Waals surface area contributed by atoms with Gasteiger partial charge in [-0.25, -0.2) is 4.98 Å². The maximum atomic E-state index is 9.09. The van der Waals surface area contributed by atoms with Crippen LogP contribution in [0.1, 0.15) is 0 Å². The summed E-state index contributed by atoms with van der Waals surface area (Å²) in [5.41, 5.74) is 1.44. The Morgan fingerprint density at radius 2 is 2.08 bits per heavy atom. The lowest BCUT2D eigenvalue weighted by Gasteiger charge is -1.97. The zero-order valence-electron chi connectivity index (χ0n) is 6.03.